The van der Waals surface area contributed by atoms with Gasteiger partial charge in [0.05, 0.1) is 5.56 Å². The molecule has 0 spiro atoms. The molecule has 0 aromatic heterocycles. The number of amides is 1. The summed E-state index contributed by atoms with van der Waals surface area (Å²) in [5, 5.41) is 6.11. The van der Waals surface area contributed by atoms with E-state index >= 15 is 0 Å². The lowest BCUT2D eigenvalue weighted by molar-refractivity contribution is 0.0947. The van der Waals surface area contributed by atoms with Gasteiger partial charge in [0, 0.05) is 19.3 Å². The van der Waals surface area contributed by atoms with Gasteiger partial charge in [-0.1, -0.05) is 12.1 Å². The van der Waals surface area contributed by atoms with Crippen LogP contribution in [0.5, 0.6) is 0 Å². The summed E-state index contributed by atoms with van der Waals surface area (Å²) in [6.07, 6.45) is 2.44. The Hall–Kier alpha value is -1.16. The molecule has 1 heterocycles. The maximum atomic E-state index is 12.1. The van der Waals surface area contributed by atoms with Crippen LogP contribution < -0.4 is 10.6 Å². The number of carbonyl (C=O) groups excluding carboxylic acids is 1. The van der Waals surface area contributed by atoms with E-state index in [1.807, 2.05) is 43.1 Å². The highest BCUT2D eigenvalue weighted by Crippen LogP contribution is 2.22. The van der Waals surface area contributed by atoms with Gasteiger partial charge in [-0.15, -0.1) is 0 Å². The molecule has 1 amide bonds. The Bertz CT molecular complexity index is 403. The first-order valence-corrected chi connectivity index (χ1v) is 7.59. The molecule has 2 N–H and O–H groups in total. The number of benzene rings is 1. The highest BCUT2D eigenvalue weighted by molar-refractivity contribution is 7.99. The number of anilines is 1. The zero-order valence-electron chi connectivity index (χ0n) is 10.7. The predicted octanol–water partition coefficient (Wildman–Crippen LogP) is 2.60. The van der Waals surface area contributed by atoms with Gasteiger partial charge in [0.25, 0.3) is 5.91 Å². The van der Waals surface area contributed by atoms with Crippen molar-refractivity contribution >= 4 is 23.4 Å². The molecule has 4 heteroatoms. The summed E-state index contributed by atoms with van der Waals surface area (Å²) in [6.45, 7) is 0.803. The molecule has 1 aliphatic rings. The Morgan fingerprint density at radius 3 is 2.78 bits per heavy atom. The summed E-state index contributed by atoms with van der Waals surface area (Å²) in [5.74, 6) is 3.14. The number of thioether (sulfide) groups is 1. The van der Waals surface area contributed by atoms with Crippen molar-refractivity contribution in [2.24, 2.45) is 5.92 Å². The van der Waals surface area contributed by atoms with E-state index < -0.39 is 0 Å². The minimum atomic E-state index is 0.0261. The standard InChI is InChI=1S/C14H20N2OS/c1-15-13-5-3-2-4-12(13)14(17)16-10-11-6-8-18-9-7-11/h2-5,11,15H,6-10H2,1H3,(H,16,17). The summed E-state index contributed by atoms with van der Waals surface area (Å²) in [6, 6.07) is 7.61. The second-order valence-electron chi connectivity index (χ2n) is 4.56. The highest BCUT2D eigenvalue weighted by Gasteiger charge is 2.16. The first-order valence-electron chi connectivity index (χ1n) is 6.44. The summed E-state index contributed by atoms with van der Waals surface area (Å²) < 4.78 is 0. The van der Waals surface area contributed by atoms with Crippen LogP contribution >= 0.6 is 11.8 Å². The second-order valence-corrected chi connectivity index (χ2v) is 5.79. The summed E-state index contributed by atoms with van der Waals surface area (Å²) in [7, 11) is 1.84. The SMILES string of the molecule is CNc1ccccc1C(=O)NCC1CCSCC1. The topological polar surface area (TPSA) is 41.1 Å². The Morgan fingerprint density at radius 1 is 1.33 bits per heavy atom. The molecule has 18 heavy (non-hydrogen) atoms. The van der Waals surface area contributed by atoms with Crippen molar-refractivity contribution in [3.8, 4) is 0 Å². The van der Waals surface area contributed by atoms with E-state index in [9.17, 15) is 4.79 Å². The average molecular weight is 264 g/mol. The molecule has 0 atom stereocenters. The molecule has 1 aromatic rings. The van der Waals surface area contributed by atoms with Crippen molar-refractivity contribution in [2.75, 3.05) is 30.4 Å². The van der Waals surface area contributed by atoms with Crippen molar-refractivity contribution in [2.45, 2.75) is 12.8 Å². The van der Waals surface area contributed by atoms with Gasteiger partial charge in [0.2, 0.25) is 0 Å². The van der Waals surface area contributed by atoms with Crippen LogP contribution in [0.4, 0.5) is 5.69 Å². The van der Waals surface area contributed by atoms with Crippen LogP contribution in [0.3, 0.4) is 0 Å². The van der Waals surface area contributed by atoms with E-state index in [0.29, 0.717) is 5.92 Å². The van der Waals surface area contributed by atoms with Crippen LogP contribution in [0.25, 0.3) is 0 Å². The number of nitrogens with one attached hydrogen (secondary N) is 2. The minimum Gasteiger partial charge on any atom is -0.387 e. The van der Waals surface area contributed by atoms with Crippen molar-refractivity contribution in [3.63, 3.8) is 0 Å². The second kappa shape index (κ2) is 6.69. The van der Waals surface area contributed by atoms with Crippen LogP contribution in [0.2, 0.25) is 0 Å². The maximum absolute atomic E-state index is 12.1. The zero-order valence-corrected chi connectivity index (χ0v) is 11.6. The molecule has 1 aliphatic heterocycles. The first kappa shape index (κ1) is 13.3. The number of carbonyl (C=O) groups is 1. The highest BCUT2D eigenvalue weighted by atomic mass is 32.2. The van der Waals surface area contributed by atoms with E-state index in [2.05, 4.69) is 10.6 Å². The minimum absolute atomic E-state index is 0.0261. The molecule has 98 valence electrons. The van der Waals surface area contributed by atoms with Gasteiger partial charge in [-0.2, -0.15) is 11.8 Å². The molecule has 0 saturated carbocycles. The smallest absolute Gasteiger partial charge is 0.253 e. The van der Waals surface area contributed by atoms with E-state index in [1.54, 1.807) is 0 Å². The molecule has 1 fully saturated rings. The Labute approximate surface area is 113 Å². The molecular weight excluding hydrogens is 244 g/mol. The third-order valence-corrected chi connectivity index (χ3v) is 4.38. The Balaban J connectivity index is 1.90. The van der Waals surface area contributed by atoms with Gasteiger partial charge in [0.1, 0.15) is 0 Å². The lowest BCUT2D eigenvalue weighted by Gasteiger charge is -2.21. The van der Waals surface area contributed by atoms with Crippen LogP contribution in [-0.4, -0.2) is 31.0 Å². The molecule has 1 saturated heterocycles. The fraction of sp³-hybridized carbons (Fsp3) is 0.500. The van der Waals surface area contributed by atoms with Crippen molar-refractivity contribution in [1.29, 1.82) is 0 Å². The van der Waals surface area contributed by atoms with Crippen LogP contribution in [0.15, 0.2) is 24.3 Å². The van der Waals surface area contributed by atoms with Crippen LogP contribution in [-0.2, 0) is 0 Å². The quantitative estimate of drug-likeness (QED) is 0.878. The molecular formula is C14H20N2OS. The number of para-hydroxylation sites is 1. The van der Waals surface area contributed by atoms with Gasteiger partial charge in [0.15, 0.2) is 0 Å². The summed E-state index contributed by atoms with van der Waals surface area (Å²) in [4.78, 5) is 12.1. The zero-order chi connectivity index (χ0) is 12.8. The van der Waals surface area contributed by atoms with Gasteiger partial charge >= 0.3 is 0 Å². The maximum Gasteiger partial charge on any atom is 0.253 e. The Kier molecular flexibility index (Phi) is 4.93. The molecule has 0 aliphatic carbocycles. The van der Waals surface area contributed by atoms with E-state index in [-0.39, 0.29) is 5.91 Å². The monoisotopic (exact) mass is 264 g/mol. The third-order valence-electron chi connectivity index (χ3n) is 3.33. The van der Waals surface area contributed by atoms with Gasteiger partial charge in [-0.3, -0.25) is 4.79 Å². The first-order chi connectivity index (χ1) is 8.81. The Morgan fingerprint density at radius 2 is 2.06 bits per heavy atom. The predicted molar refractivity (Wildman–Crippen MR) is 78.4 cm³/mol. The normalized spacial score (nSPS) is 16.3. The molecule has 0 bridgehead atoms. The number of hydrogen-bond acceptors (Lipinski definition) is 3. The largest absolute Gasteiger partial charge is 0.387 e. The van der Waals surface area contributed by atoms with Crippen LogP contribution in [0, 0.1) is 5.92 Å². The lowest BCUT2D eigenvalue weighted by Crippen LogP contribution is -2.31. The summed E-state index contributed by atoms with van der Waals surface area (Å²) in [5.41, 5.74) is 1.61. The summed E-state index contributed by atoms with van der Waals surface area (Å²) >= 11 is 2.01. The van der Waals surface area contributed by atoms with Gasteiger partial charge in [-0.25, -0.2) is 0 Å². The number of hydrogen-bond donors (Lipinski definition) is 2. The van der Waals surface area contributed by atoms with Crippen molar-refractivity contribution < 1.29 is 4.79 Å². The average Bonchev–Trinajstić information content (AvgIpc) is 2.45. The van der Waals surface area contributed by atoms with Gasteiger partial charge < -0.3 is 10.6 Å². The van der Waals surface area contributed by atoms with E-state index in [4.69, 9.17) is 0 Å². The molecule has 3 nitrogen and oxygen atoms in total. The molecule has 0 unspecified atom stereocenters. The third kappa shape index (κ3) is 3.42. The van der Waals surface area contributed by atoms with E-state index in [0.717, 1.165) is 17.8 Å². The van der Waals surface area contributed by atoms with E-state index in [1.165, 1.54) is 24.3 Å². The fourth-order valence-corrected chi connectivity index (χ4v) is 3.39. The van der Waals surface area contributed by atoms with Crippen LogP contribution in [0.1, 0.15) is 23.2 Å². The number of rotatable bonds is 4. The molecule has 0 radical (unpaired) electrons. The van der Waals surface area contributed by atoms with Crippen molar-refractivity contribution in [3.05, 3.63) is 29.8 Å². The molecule has 1 aromatic carbocycles. The fourth-order valence-electron chi connectivity index (χ4n) is 2.18. The van der Waals surface area contributed by atoms with Gasteiger partial charge in [-0.05, 0) is 42.4 Å². The van der Waals surface area contributed by atoms with Crippen molar-refractivity contribution in [1.82, 2.24) is 5.32 Å². The lowest BCUT2D eigenvalue weighted by atomic mass is 10.0. The molecule has 2 rings (SSSR count).